The van der Waals surface area contributed by atoms with Crippen molar-refractivity contribution in [1.82, 2.24) is 0 Å². The Morgan fingerprint density at radius 1 is 1.38 bits per heavy atom. The van der Waals surface area contributed by atoms with Crippen molar-refractivity contribution in [2.45, 2.75) is 19.3 Å². The molecule has 1 aliphatic heterocycles. The summed E-state index contributed by atoms with van der Waals surface area (Å²) in [5.41, 5.74) is 0.642. The fourth-order valence-electron chi connectivity index (χ4n) is 1.59. The minimum Gasteiger partial charge on any atom is -0.490 e. The summed E-state index contributed by atoms with van der Waals surface area (Å²) in [6.45, 7) is 2.46. The average Bonchev–Trinajstić information content (AvgIpc) is 2.07. The maximum absolute atomic E-state index is 13.1. The number of benzene rings is 1. The fourth-order valence-corrected chi connectivity index (χ4v) is 1.59. The topological polar surface area (TPSA) is 9.23 Å². The molecule has 70 valence electrons. The zero-order valence-corrected chi connectivity index (χ0v) is 7.31. The summed E-state index contributed by atoms with van der Waals surface area (Å²) in [5.74, 6) is -0.732. The van der Waals surface area contributed by atoms with Crippen molar-refractivity contribution in [3.05, 3.63) is 29.3 Å². The molecular formula is C10H10F2O. The smallest absolute Gasteiger partial charge is 0.168 e. The molecule has 0 saturated heterocycles. The van der Waals surface area contributed by atoms with Crippen molar-refractivity contribution in [1.29, 1.82) is 0 Å². The van der Waals surface area contributed by atoms with Crippen LogP contribution in [0.3, 0.4) is 0 Å². The van der Waals surface area contributed by atoms with Gasteiger partial charge >= 0.3 is 0 Å². The van der Waals surface area contributed by atoms with Gasteiger partial charge in [-0.15, -0.1) is 0 Å². The van der Waals surface area contributed by atoms with Crippen LogP contribution in [0.2, 0.25) is 0 Å². The van der Waals surface area contributed by atoms with Gasteiger partial charge in [0.2, 0.25) is 0 Å². The molecule has 2 rings (SSSR count). The van der Waals surface area contributed by atoms with E-state index in [2.05, 4.69) is 0 Å². The monoisotopic (exact) mass is 184 g/mol. The second-order valence-corrected chi connectivity index (χ2v) is 3.34. The first-order valence-corrected chi connectivity index (χ1v) is 4.30. The largest absolute Gasteiger partial charge is 0.490 e. The maximum atomic E-state index is 13.1. The number of hydrogen-bond donors (Lipinski definition) is 0. The first-order chi connectivity index (χ1) is 6.18. The van der Waals surface area contributed by atoms with Crippen molar-refractivity contribution in [2.75, 3.05) is 6.61 Å². The predicted molar refractivity (Wildman–Crippen MR) is 44.9 cm³/mol. The number of rotatable bonds is 0. The van der Waals surface area contributed by atoms with Crippen LogP contribution in [0.15, 0.2) is 12.1 Å². The van der Waals surface area contributed by atoms with Crippen LogP contribution >= 0.6 is 0 Å². The summed E-state index contributed by atoms with van der Waals surface area (Å²) in [5, 5.41) is 0. The Balaban J connectivity index is 2.56. The van der Waals surface area contributed by atoms with Crippen LogP contribution < -0.4 is 4.74 Å². The lowest BCUT2D eigenvalue weighted by Gasteiger charge is -2.23. The van der Waals surface area contributed by atoms with Crippen LogP contribution in [0.1, 0.15) is 24.8 Å². The van der Waals surface area contributed by atoms with E-state index in [0.29, 0.717) is 12.2 Å². The Bertz CT molecular complexity index is 336. The quantitative estimate of drug-likeness (QED) is 0.602. The number of ether oxygens (including phenoxy) is 1. The summed E-state index contributed by atoms with van der Waals surface area (Å²) in [6.07, 6.45) is 0.815. The normalized spacial score (nSPS) is 20.7. The second kappa shape index (κ2) is 2.98. The van der Waals surface area contributed by atoms with Gasteiger partial charge in [0.05, 0.1) is 6.61 Å². The molecule has 0 N–H and O–H groups in total. The van der Waals surface area contributed by atoms with Gasteiger partial charge in [0, 0.05) is 11.6 Å². The van der Waals surface area contributed by atoms with Gasteiger partial charge in [0.25, 0.3) is 0 Å². The van der Waals surface area contributed by atoms with Crippen molar-refractivity contribution >= 4 is 0 Å². The van der Waals surface area contributed by atoms with E-state index < -0.39 is 11.6 Å². The molecule has 0 aromatic heterocycles. The SMILES string of the molecule is C[C@H]1CCOc2c(F)cc(F)cc21. The third-order valence-corrected chi connectivity index (χ3v) is 2.37. The fraction of sp³-hybridized carbons (Fsp3) is 0.400. The Labute approximate surface area is 75.3 Å². The molecule has 1 atom stereocenters. The Kier molecular flexibility index (Phi) is 1.94. The number of hydrogen-bond acceptors (Lipinski definition) is 1. The number of fused-ring (bicyclic) bond motifs is 1. The zero-order chi connectivity index (χ0) is 9.42. The predicted octanol–water partition coefficient (Wildman–Crippen LogP) is 2.85. The van der Waals surface area contributed by atoms with Crippen molar-refractivity contribution in [2.24, 2.45) is 0 Å². The molecular weight excluding hydrogens is 174 g/mol. The van der Waals surface area contributed by atoms with Crippen LogP contribution in [0.5, 0.6) is 5.75 Å². The van der Waals surface area contributed by atoms with Crippen molar-refractivity contribution in [3.8, 4) is 5.75 Å². The second-order valence-electron chi connectivity index (χ2n) is 3.34. The molecule has 1 aromatic rings. The molecule has 0 amide bonds. The van der Waals surface area contributed by atoms with Gasteiger partial charge in [-0.05, 0) is 18.4 Å². The van der Waals surface area contributed by atoms with E-state index in [1.165, 1.54) is 6.07 Å². The molecule has 0 unspecified atom stereocenters. The van der Waals surface area contributed by atoms with E-state index in [1.807, 2.05) is 6.92 Å². The van der Waals surface area contributed by atoms with Gasteiger partial charge in [-0.2, -0.15) is 0 Å². The minimum atomic E-state index is -0.596. The summed E-state index contributed by atoms with van der Waals surface area (Å²) in [4.78, 5) is 0. The van der Waals surface area contributed by atoms with Gasteiger partial charge in [-0.3, -0.25) is 0 Å². The van der Waals surface area contributed by atoms with Crippen LogP contribution in [0.4, 0.5) is 8.78 Å². The Morgan fingerprint density at radius 3 is 2.92 bits per heavy atom. The molecule has 1 heterocycles. The lowest BCUT2D eigenvalue weighted by Crippen LogP contribution is -2.13. The molecule has 0 fully saturated rings. The third-order valence-electron chi connectivity index (χ3n) is 2.37. The van der Waals surface area contributed by atoms with Crippen LogP contribution in [-0.4, -0.2) is 6.61 Å². The zero-order valence-electron chi connectivity index (χ0n) is 7.31. The van der Waals surface area contributed by atoms with E-state index in [-0.39, 0.29) is 11.7 Å². The van der Waals surface area contributed by atoms with E-state index in [9.17, 15) is 8.78 Å². The first kappa shape index (κ1) is 8.48. The highest BCUT2D eigenvalue weighted by molar-refractivity contribution is 5.39. The molecule has 1 aliphatic rings. The summed E-state index contributed by atoms with van der Waals surface area (Å²) in [6, 6.07) is 2.21. The lowest BCUT2D eigenvalue weighted by molar-refractivity contribution is 0.257. The van der Waals surface area contributed by atoms with Gasteiger partial charge in [0.15, 0.2) is 11.6 Å². The highest BCUT2D eigenvalue weighted by Crippen LogP contribution is 2.35. The Morgan fingerprint density at radius 2 is 2.15 bits per heavy atom. The molecule has 1 nitrogen and oxygen atoms in total. The molecule has 13 heavy (non-hydrogen) atoms. The van der Waals surface area contributed by atoms with E-state index in [0.717, 1.165) is 12.5 Å². The van der Waals surface area contributed by atoms with Crippen LogP contribution in [0.25, 0.3) is 0 Å². The van der Waals surface area contributed by atoms with Crippen LogP contribution in [-0.2, 0) is 0 Å². The van der Waals surface area contributed by atoms with Gasteiger partial charge in [-0.25, -0.2) is 8.78 Å². The summed E-state index contributed by atoms with van der Waals surface area (Å²) >= 11 is 0. The molecule has 0 bridgehead atoms. The number of halogens is 2. The van der Waals surface area contributed by atoms with E-state index >= 15 is 0 Å². The van der Waals surface area contributed by atoms with E-state index in [4.69, 9.17) is 4.74 Å². The van der Waals surface area contributed by atoms with E-state index in [1.54, 1.807) is 0 Å². The minimum absolute atomic E-state index is 0.175. The summed E-state index contributed by atoms with van der Waals surface area (Å²) in [7, 11) is 0. The molecule has 0 saturated carbocycles. The van der Waals surface area contributed by atoms with Crippen molar-refractivity contribution in [3.63, 3.8) is 0 Å². The highest BCUT2D eigenvalue weighted by Gasteiger charge is 2.21. The van der Waals surface area contributed by atoms with Gasteiger partial charge < -0.3 is 4.74 Å². The lowest BCUT2D eigenvalue weighted by atomic mass is 9.95. The summed E-state index contributed by atoms with van der Waals surface area (Å²) < 4.78 is 31.1. The average molecular weight is 184 g/mol. The molecule has 0 spiro atoms. The highest BCUT2D eigenvalue weighted by atomic mass is 19.1. The molecule has 0 radical (unpaired) electrons. The maximum Gasteiger partial charge on any atom is 0.168 e. The van der Waals surface area contributed by atoms with Crippen LogP contribution in [0, 0.1) is 11.6 Å². The van der Waals surface area contributed by atoms with Gasteiger partial charge in [-0.1, -0.05) is 6.92 Å². The molecule has 1 aromatic carbocycles. The van der Waals surface area contributed by atoms with Gasteiger partial charge in [0.1, 0.15) is 5.82 Å². The molecule has 3 heteroatoms. The standard InChI is InChI=1S/C10H10F2O/c1-6-2-3-13-10-8(6)4-7(11)5-9(10)12/h4-6H,2-3H2,1H3/t6-/m0/s1. The van der Waals surface area contributed by atoms with Crippen molar-refractivity contribution < 1.29 is 13.5 Å². The molecule has 0 aliphatic carbocycles. The Hall–Kier alpha value is -1.12. The third kappa shape index (κ3) is 1.39. The first-order valence-electron chi connectivity index (χ1n) is 4.30.